The lowest BCUT2D eigenvalue weighted by atomic mass is 10.1. The van der Waals surface area contributed by atoms with Crippen LogP contribution in [-0.4, -0.2) is 5.91 Å². The number of anilines is 2. The van der Waals surface area contributed by atoms with Crippen molar-refractivity contribution >= 4 is 40.5 Å². The van der Waals surface area contributed by atoms with E-state index >= 15 is 0 Å². The van der Waals surface area contributed by atoms with Gasteiger partial charge in [-0.2, -0.15) is 0 Å². The van der Waals surface area contributed by atoms with Gasteiger partial charge < -0.3 is 11.1 Å². The van der Waals surface area contributed by atoms with Crippen LogP contribution >= 0.6 is 23.2 Å². The molecule has 1 amide bonds. The first kappa shape index (κ1) is 13.6. The number of rotatable bonds is 2. The zero-order chi connectivity index (χ0) is 14.0. The standard InChI is InChI=1S/C13H9Cl2FN2O/c14-10-2-1-3-11(15)12(10)18-13(19)7-4-8(16)6-9(17)5-7/h1-6H,17H2,(H,18,19). The van der Waals surface area contributed by atoms with Crippen LogP contribution in [0.25, 0.3) is 0 Å². The number of para-hydroxylation sites is 1. The number of nitrogens with one attached hydrogen (secondary N) is 1. The molecule has 2 rings (SSSR count). The predicted octanol–water partition coefficient (Wildman–Crippen LogP) is 3.97. The van der Waals surface area contributed by atoms with Gasteiger partial charge >= 0.3 is 0 Å². The molecular weight excluding hydrogens is 290 g/mol. The van der Waals surface area contributed by atoms with Crippen LogP contribution in [0.2, 0.25) is 10.0 Å². The first-order chi connectivity index (χ1) is 8.97. The summed E-state index contributed by atoms with van der Waals surface area (Å²) < 4.78 is 13.2. The van der Waals surface area contributed by atoms with Crippen molar-refractivity contribution in [3.8, 4) is 0 Å². The second-order valence-corrected chi connectivity index (χ2v) is 4.64. The molecule has 2 aromatic carbocycles. The highest BCUT2D eigenvalue weighted by Crippen LogP contribution is 2.30. The third-order valence-electron chi connectivity index (χ3n) is 2.38. The Kier molecular flexibility index (Phi) is 3.93. The number of nitrogens with two attached hydrogens (primary N) is 1. The van der Waals surface area contributed by atoms with Crippen molar-refractivity contribution in [3.63, 3.8) is 0 Å². The Hall–Kier alpha value is -1.78. The molecule has 0 bridgehead atoms. The zero-order valence-electron chi connectivity index (χ0n) is 9.58. The van der Waals surface area contributed by atoms with Crippen LogP contribution in [0, 0.1) is 5.82 Å². The van der Waals surface area contributed by atoms with Crippen molar-refractivity contribution in [2.24, 2.45) is 0 Å². The monoisotopic (exact) mass is 298 g/mol. The van der Waals surface area contributed by atoms with Crippen molar-refractivity contribution in [2.75, 3.05) is 11.1 Å². The second-order valence-electron chi connectivity index (χ2n) is 3.82. The van der Waals surface area contributed by atoms with Gasteiger partial charge in [-0.15, -0.1) is 0 Å². The fraction of sp³-hybridized carbons (Fsp3) is 0. The smallest absolute Gasteiger partial charge is 0.255 e. The number of benzene rings is 2. The first-order valence-corrected chi connectivity index (χ1v) is 6.04. The maximum atomic E-state index is 13.2. The van der Waals surface area contributed by atoms with Gasteiger partial charge in [0.1, 0.15) is 5.82 Å². The summed E-state index contributed by atoms with van der Waals surface area (Å²) >= 11 is 11.9. The third kappa shape index (κ3) is 3.16. The van der Waals surface area contributed by atoms with E-state index in [2.05, 4.69) is 5.32 Å². The van der Waals surface area contributed by atoms with Gasteiger partial charge in [0.25, 0.3) is 5.91 Å². The van der Waals surface area contributed by atoms with Crippen LogP contribution in [0.1, 0.15) is 10.4 Å². The molecule has 3 N–H and O–H groups in total. The van der Waals surface area contributed by atoms with Crippen LogP contribution in [0.3, 0.4) is 0 Å². The van der Waals surface area contributed by atoms with Gasteiger partial charge in [-0.3, -0.25) is 4.79 Å². The van der Waals surface area contributed by atoms with Crippen LogP contribution in [-0.2, 0) is 0 Å². The Labute approximate surface area is 119 Å². The summed E-state index contributed by atoms with van der Waals surface area (Å²) in [5.41, 5.74) is 6.01. The van der Waals surface area contributed by atoms with Crippen LogP contribution in [0.5, 0.6) is 0 Å². The van der Waals surface area contributed by atoms with E-state index in [1.807, 2.05) is 0 Å². The van der Waals surface area contributed by atoms with E-state index in [0.29, 0.717) is 10.0 Å². The van der Waals surface area contributed by atoms with Gasteiger partial charge in [-0.25, -0.2) is 4.39 Å². The summed E-state index contributed by atoms with van der Waals surface area (Å²) in [5, 5.41) is 3.12. The van der Waals surface area contributed by atoms with Crippen molar-refractivity contribution in [3.05, 3.63) is 57.8 Å². The molecule has 0 unspecified atom stereocenters. The molecule has 6 heteroatoms. The van der Waals surface area contributed by atoms with Gasteiger partial charge in [0.05, 0.1) is 15.7 Å². The normalized spacial score (nSPS) is 10.3. The lowest BCUT2D eigenvalue weighted by molar-refractivity contribution is 0.102. The molecule has 0 saturated carbocycles. The van der Waals surface area contributed by atoms with Gasteiger partial charge in [-0.05, 0) is 30.3 Å². The molecule has 0 saturated heterocycles. The highest BCUT2D eigenvalue weighted by Gasteiger charge is 2.12. The number of amides is 1. The van der Waals surface area contributed by atoms with E-state index in [0.717, 1.165) is 12.1 Å². The minimum atomic E-state index is -0.588. The molecule has 2 aromatic rings. The average Bonchev–Trinajstić information content (AvgIpc) is 2.32. The average molecular weight is 299 g/mol. The SMILES string of the molecule is Nc1cc(F)cc(C(=O)Nc2c(Cl)cccc2Cl)c1. The van der Waals surface area contributed by atoms with Gasteiger partial charge in [0, 0.05) is 11.3 Å². The summed E-state index contributed by atoms with van der Waals surface area (Å²) in [6.45, 7) is 0. The van der Waals surface area contributed by atoms with Crippen molar-refractivity contribution in [1.82, 2.24) is 0 Å². The number of carbonyl (C=O) groups is 1. The quantitative estimate of drug-likeness (QED) is 0.824. The molecule has 19 heavy (non-hydrogen) atoms. The van der Waals surface area contributed by atoms with E-state index in [1.165, 1.54) is 6.07 Å². The maximum Gasteiger partial charge on any atom is 0.255 e. The molecule has 0 aliphatic carbocycles. The Balaban J connectivity index is 2.31. The van der Waals surface area contributed by atoms with Crippen molar-refractivity contribution in [2.45, 2.75) is 0 Å². The van der Waals surface area contributed by atoms with Crippen LogP contribution in [0.15, 0.2) is 36.4 Å². The summed E-state index contributed by atoms with van der Waals surface area (Å²) in [4.78, 5) is 12.0. The predicted molar refractivity (Wildman–Crippen MR) is 75.2 cm³/mol. The molecule has 0 aliphatic heterocycles. The molecule has 0 atom stereocenters. The fourth-order valence-electron chi connectivity index (χ4n) is 1.55. The summed E-state index contributed by atoms with van der Waals surface area (Å²) in [6.07, 6.45) is 0. The topological polar surface area (TPSA) is 55.1 Å². The van der Waals surface area contributed by atoms with E-state index < -0.39 is 11.7 Å². The fourth-order valence-corrected chi connectivity index (χ4v) is 2.04. The highest BCUT2D eigenvalue weighted by atomic mass is 35.5. The molecule has 98 valence electrons. The lowest BCUT2D eigenvalue weighted by Gasteiger charge is -2.09. The summed E-state index contributed by atoms with van der Waals surface area (Å²) in [6, 6.07) is 8.39. The van der Waals surface area contributed by atoms with Gasteiger partial charge in [0.2, 0.25) is 0 Å². The Morgan fingerprint density at radius 1 is 1.16 bits per heavy atom. The minimum Gasteiger partial charge on any atom is -0.399 e. The number of carbonyl (C=O) groups excluding carboxylic acids is 1. The van der Waals surface area contributed by atoms with E-state index in [4.69, 9.17) is 28.9 Å². The third-order valence-corrected chi connectivity index (χ3v) is 3.01. The molecule has 0 heterocycles. The van der Waals surface area contributed by atoms with Crippen LogP contribution in [0.4, 0.5) is 15.8 Å². The van der Waals surface area contributed by atoms with Gasteiger partial charge in [-0.1, -0.05) is 29.3 Å². The Morgan fingerprint density at radius 2 is 1.79 bits per heavy atom. The molecule has 0 aromatic heterocycles. The number of halogens is 3. The minimum absolute atomic E-state index is 0.0912. The molecule has 0 aliphatic rings. The van der Waals surface area contributed by atoms with Crippen molar-refractivity contribution < 1.29 is 9.18 Å². The van der Waals surface area contributed by atoms with Crippen LogP contribution < -0.4 is 11.1 Å². The highest BCUT2D eigenvalue weighted by molar-refractivity contribution is 6.40. The number of hydrogen-bond acceptors (Lipinski definition) is 2. The molecule has 0 spiro atoms. The second kappa shape index (κ2) is 5.47. The molecule has 3 nitrogen and oxygen atoms in total. The summed E-state index contributed by atoms with van der Waals surface area (Å²) in [5.74, 6) is -1.13. The largest absolute Gasteiger partial charge is 0.399 e. The number of hydrogen-bond donors (Lipinski definition) is 2. The summed E-state index contributed by atoms with van der Waals surface area (Å²) in [7, 11) is 0. The number of nitrogen functional groups attached to an aromatic ring is 1. The molecular formula is C13H9Cl2FN2O. The molecule has 0 radical (unpaired) electrons. The lowest BCUT2D eigenvalue weighted by Crippen LogP contribution is -2.13. The first-order valence-electron chi connectivity index (χ1n) is 5.29. The van der Waals surface area contributed by atoms with E-state index in [-0.39, 0.29) is 16.9 Å². The Bertz CT molecular complexity index is 606. The maximum absolute atomic E-state index is 13.2. The molecule has 0 fully saturated rings. The van der Waals surface area contributed by atoms with E-state index in [9.17, 15) is 9.18 Å². The van der Waals surface area contributed by atoms with Crippen molar-refractivity contribution in [1.29, 1.82) is 0 Å². The Morgan fingerprint density at radius 3 is 2.37 bits per heavy atom. The van der Waals surface area contributed by atoms with Gasteiger partial charge in [0.15, 0.2) is 0 Å². The zero-order valence-corrected chi connectivity index (χ0v) is 11.1. The van der Waals surface area contributed by atoms with E-state index in [1.54, 1.807) is 18.2 Å².